The van der Waals surface area contributed by atoms with Crippen molar-refractivity contribution in [2.24, 2.45) is 0 Å². The quantitative estimate of drug-likeness (QED) is 0.257. The van der Waals surface area contributed by atoms with Crippen LogP contribution in [0.15, 0.2) is 37.4 Å². The molecule has 0 amide bonds. The van der Waals surface area contributed by atoms with E-state index in [1.165, 1.54) is 0 Å². The van der Waals surface area contributed by atoms with Crippen molar-refractivity contribution in [1.29, 1.82) is 0 Å². The fourth-order valence-corrected chi connectivity index (χ4v) is 3.84. The second-order valence-electron chi connectivity index (χ2n) is 6.76. The zero-order valence-corrected chi connectivity index (χ0v) is 17.3. The highest BCUT2D eigenvalue weighted by Gasteiger charge is 2.09. The summed E-state index contributed by atoms with van der Waals surface area (Å²) in [5, 5.41) is 0. The Morgan fingerprint density at radius 2 is 1.07 bits per heavy atom. The van der Waals surface area contributed by atoms with Gasteiger partial charge >= 0.3 is 0 Å². The van der Waals surface area contributed by atoms with Gasteiger partial charge in [-0.2, -0.15) is 16.8 Å². The topological polar surface area (TPSA) is 126 Å². The van der Waals surface area contributed by atoms with Crippen molar-refractivity contribution in [1.82, 2.24) is 9.13 Å². The Bertz CT molecular complexity index is 871. The van der Waals surface area contributed by atoms with E-state index in [1.54, 1.807) is 0 Å². The summed E-state index contributed by atoms with van der Waals surface area (Å²) in [5.74, 6) is -0.476. The lowest BCUT2D eigenvalue weighted by Gasteiger charge is -1.98. The first-order valence-corrected chi connectivity index (χ1v) is 12.3. The number of aryl methyl sites for hydroxylation is 4. The summed E-state index contributed by atoms with van der Waals surface area (Å²) in [6.45, 7) is 2.77. The lowest BCUT2D eigenvalue weighted by molar-refractivity contribution is -0.696. The molecule has 2 N–H and O–H groups in total. The molecule has 0 aromatic carbocycles. The van der Waals surface area contributed by atoms with E-state index >= 15 is 0 Å². The van der Waals surface area contributed by atoms with E-state index in [4.69, 9.17) is 9.11 Å². The average molecular weight is 437 g/mol. The van der Waals surface area contributed by atoms with E-state index in [0.717, 1.165) is 25.9 Å². The van der Waals surface area contributed by atoms with Crippen molar-refractivity contribution < 1.29 is 35.1 Å². The maximum Gasteiger partial charge on any atom is 0.265 e. The molecular formula is C16H28N4O6S2+2. The molecule has 0 atom stereocenters. The van der Waals surface area contributed by atoms with Crippen LogP contribution in [0.5, 0.6) is 0 Å². The average Bonchev–Trinajstić information content (AvgIpc) is 3.19. The number of hydrogen-bond acceptors (Lipinski definition) is 4. The van der Waals surface area contributed by atoms with Crippen molar-refractivity contribution in [3.05, 3.63) is 37.4 Å². The van der Waals surface area contributed by atoms with Crippen molar-refractivity contribution >= 4 is 20.2 Å². The summed E-state index contributed by atoms with van der Waals surface area (Å²) in [5.41, 5.74) is 0. The number of aromatic nitrogens is 4. The molecule has 2 rings (SSSR count). The van der Waals surface area contributed by atoms with Crippen molar-refractivity contribution in [2.75, 3.05) is 11.5 Å². The number of rotatable bonds is 13. The summed E-state index contributed by atoms with van der Waals surface area (Å²) in [6.07, 6.45) is 14.2. The van der Waals surface area contributed by atoms with Crippen LogP contribution in [-0.2, 0) is 46.4 Å². The first-order chi connectivity index (χ1) is 13.1. The van der Waals surface area contributed by atoms with Crippen LogP contribution in [0.25, 0.3) is 0 Å². The SMILES string of the molecule is O=S(=O)(O)CCC[n+]1ccn(CCCCn2cc[n+](CCCS(=O)(=O)O)c2)c1. The van der Waals surface area contributed by atoms with Crippen molar-refractivity contribution in [3.8, 4) is 0 Å². The van der Waals surface area contributed by atoms with Gasteiger partial charge in [0.1, 0.15) is 24.8 Å². The minimum absolute atomic E-state index is 0.238. The molecule has 0 aliphatic rings. The van der Waals surface area contributed by atoms with Crippen LogP contribution >= 0.6 is 0 Å². The number of imidazole rings is 2. The molecule has 0 aliphatic heterocycles. The Balaban J connectivity index is 1.64. The maximum atomic E-state index is 10.7. The predicted octanol–water partition coefficient (Wildman–Crippen LogP) is -0.0992. The summed E-state index contributed by atoms with van der Waals surface area (Å²) in [6, 6.07) is 0. The van der Waals surface area contributed by atoms with E-state index in [-0.39, 0.29) is 11.5 Å². The molecule has 12 heteroatoms. The van der Waals surface area contributed by atoms with Gasteiger partial charge < -0.3 is 0 Å². The highest BCUT2D eigenvalue weighted by atomic mass is 32.2. The van der Waals surface area contributed by atoms with Gasteiger partial charge in [-0.05, 0) is 12.8 Å². The first kappa shape index (κ1) is 22.5. The molecule has 10 nitrogen and oxygen atoms in total. The van der Waals surface area contributed by atoms with E-state index in [9.17, 15) is 16.8 Å². The third-order valence-corrected chi connectivity index (χ3v) is 5.82. The molecule has 0 spiro atoms. The standard InChI is InChI=1S/C16H26N4O6S2/c21-27(22,23)13-3-7-19-11-9-17(15-19)5-1-2-6-18-10-12-20(16-18)8-4-14-28(24,25)26/h9-12,15-16H,1-8,13-14H2/p+2. The molecule has 0 fully saturated rings. The van der Waals surface area contributed by atoms with Crippen LogP contribution < -0.4 is 9.13 Å². The molecule has 0 radical (unpaired) electrons. The normalized spacial score (nSPS) is 12.5. The third-order valence-electron chi connectivity index (χ3n) is 4.21. The van der Waals surface area contributed by atoms with Gasteiger partial charge in [0.15, 0.2) is 0 Å². The van der Waals surface area contributed by atoms with Crippen LogP contribution in [-0.4, -0.2) is 46.6 Å². The highest BCUT2D eigenvalue weighted by Crippen LogP contribution is 1.99. The number of hydrogen-bond donors (Lipinski definition) is 2. The molecule has 0 unspecified atom stereocenters. The minimum atomic E-state index is -3.90. The summed E-state index contributed by atoms with van der Waals surface area (Å²) < 4.78 is 68.2. The zero-order valence-electron chi connectivity index (χ0n) is 15.7. The lowest BCUT2D eigenvalue weighted by Crippen LogP contribution is -2.32. The van der Waals surface area contributed by atoms with Crippen LogP contribution in [0.3, 0.4) is 0 Å². The van der Waals surface area contributed by atoms with Gasteiger partial charge in [-0.1, -0.05) is 0 Å². The molecule has 2 heterocycles. The minimum Gasteiger partial charge on any atom is -0.286 e. The first-order valence-electron chi connectivity index (χ1n) is 9.11. The van der Waals surface area contributed by atoms with Crippen LogP contribution in [0.4, 0.5) is 0 Å². The molecule has 0 saturated carbocycles. The number of unbranched alkanes of at least 4 members (excludes halogenated alkanes) is 1. The van der Waals surface area contributed by atoms with Gasteiger partial charge in [0.05, 0.1) is 37.7 Å². The molecule has 2 aromatic heterocycles. The molecule has 0 saturated heterocycles. The molecule has 158 valence electrons. The second kappa shape index (κ2) is 10.1. The molecule has 0 bridgehead atoms. The Labute approximate surface area is 165 Å². The van der Waals surface area contributed by atoms with Gasteiger partial charge in [0, 0.05) is 12.8 Å². The van der Waals surface area contributed by atoms with Crippen molar-refractivity contribution in [3.63, 3.8) is 0 Å². The Hall–Kier alpha value is -1.76. The Morgan fingerprint density at radius 3 is 1.43 bits per heavy atom. The van der Waals surface area contributed by atoms with Gasteiger partial charge in [-0.25, -0.2) is 18.3 Å². The van der Waals surface area contributed by atoms with Gasteiger partial charge in [0.25, 0.3) is 20.2 Å². The highest BCUT2D eigenvalue weighted by molar-refractivity contribution is 7.86. The predicted molar refractivity (Wildman–Crippen MR) is 101 cm³/mol. The van der Waals surface area contributed by atoms with Crippen LogP contribution in [0.1, 0.15) is 25.7 Å². The third kappa shape index (κ3) is 9.44. The Morgan fingerprint density at radius 1 is 0.679 bits per heavy atom. The van der Waals surface area contributed by atoms with E-state index in [0.29, 0.717) is 25.9 Å². The van der Waals surface area contributed by atoms with Crippen LogP contribution in [0, 0.1) is 0 Å². The Kier molecular flexibility index (Phi) is 8.16. The van der Waals surface area contributed by atoms with E-state index < -0.39 is 20.2 Å². The van der Waals surface area contributed by atoms with Gasteiger partial charge in [0.2, 0.25) is 12.7 Å². The molecule has 28 heavy (non-hydrogen) atoms. The monoisotopic (exact) mass is 436 g/mol. The fourth-order valence-electron chi connectivity index (χ4n) is 2.85. The molecule has 0 aliphatic carbocycles. The number of nitrogens with zero attached hydrogens (tertiary/aromatic N) is 4. The summed E-state index contributed by atoms with van der Waals surface area (Å²) >= 11 is 0. The van der Waals surface area contributed by atoms with E-state index in [1.807, 2.05) is 55.7 Å². The molecular weight excluding hydrogens is 408 g/mol. The van der Waals surface area contributed by atoms with Gasteiger partial charge in [-0.15, -0.1) is 0 Å². The molecule has 2 aromatic rings. The van der Waals surface area contributed by atoms with Gasteiger partial charge in [-0.3, -0.25) is 9.11 Å². The largest absolute Gasteiger partial charge is 0.286 e. The smallest absolute Gasteiger partial charge is 0.265 e. The lowest BCUT2D eigenvalue weighted by atomic mass is 10.3. The summed E-state index contributed by atoms with van der Waals surface area (Å²) in [7, 11) is -7.81. The summed E-state index contributed by atoms with van der Waals surface area (Å²) in [4.78, 5) is 0. The van der Waals surface area contributed by atoms with E-state index in [2.05, 4.69) is 0 Å². The fraction of sp³-hybridized carbons (Fsp3) is 0.625. The zero-order chi connectivity index (χ0) is 20.6. The van der Waals surface area contributed by atoms with Crippen molar-refractivity contribution in [2.45, 2.75) is 51.9 Å². The van der Waals surface area contributed by atoms with Crippen LogP contribution in [0.2, 0.25) is 0 Å². The second-order valence-corrected chi connectivity index (χ2v) is 9.91. The maximum absolute atomic E-state index is 10.7.